The molecule has 0 aromatic heterocycles. The predicted molar refractivity (Wildman–Crippen MR) is 128 cm³/mol. The Morgan fingerprint density at radius 3 is 1.80 bits per heavy atom. The molecule has 19 nitrogen and oxygen atoms in total. The standard InChI is InChI=1S/C22H39N3O16/c1-6(29)25-13-17(35)19(40-21-11(23)15(33)14(32)7(3-26)38-21)9(5-28)39-22(13)41-18-8(4-27)37-20(36)12(16(18)34)24-2-10(30)31/h7-9,11-22,24,26-28,32-36H,2-5,23H2,1H3,(H,25,29)(H,30,31)/t7-,8-,9-,11-,12-,13-,14-,15-,16-,17-,18-,19-,20-,21+,22+/m1/s1. The summed E-state index contributed by atoms with van der Waals surface area (Å²) in [4.78, 5) is 23.0. The summed E-state index contributed by atoms with van der Waals surface area (Å²) in [7, 11) is 0. The highest BCUT2D eigenvalue weighted by atomic mass is 16.7. The van der Waals surface area contributed by atoms with Crippen molar-refractivity contribution in [1.82, 2.24) is 10.6 Å². The Morgan fingerprint density at radius 1 is 0.756 bits per heavy atom. The summed E-state index contributed by atoms with van der Waals surface area (Å²) >= 11 is 0. The van der Waals surface area contributed by atoms with E-state index in [9.17, 15) is 50.4 Å². The summed E-state index contributed by atoms with van der Waals surface area (Å²) in [5, 5.41) is 95.6. The molecule has 0 spiro atoms. The molecule has 1 amide bonds. The van der Waals surface area contributed by atoms with Gasteiger partial charge in [0.1, 0.15) is 61.0 Å². The topological polar surface area (TPSA) is 312 Å². The van der Waals surface area contributed by atoms with Gasteiger partial charge in [-0.1, -0.05) is 0 Å². The van der Waals surface area contributed by atoms with E-state index in [2.05, 4.69) is 10.6 Å². The van der Waals surface area contributed by atoms with Crippen molar-refractivity contribution >= 4 is 11.9 Å². The Balaban J connectivity index is 1.84. The smallest absolute Gasteiger partial charge is 0.317 e. The highest BCUT2D eigenvalue weighted by molar-refractivity contribution is 5.73. The maximum Gasteiger partial charge on any atom is 0.317 e. The molecule has 0 radical (unpaired) electrons. The molecule has 41 heavy (non-hydrogen) atoms. The maximum atomic E-state index is 12.0. The first-order chi connectivity index (χ1) is 19.3. The number of aliphatic hydroxyl groups excluding tert-OH is 8. The van der Waals surface area contributed by atoms with Gasteiger partial charge in [0, 0.05) is 6.92 Å². The van der Waals surface area contributed by atoms with Crippen LogP contribution >= 0.6 is 0 Å². The number of carbonyl (C=O) groups is 2. The molecule has 0 saturated carbocycles. The van der Waals surface area contributed by atoms with Gasteiger partial charge in [0.25, 0.3) is 0 Å². The van der Waals surface area contributed by atoms with Gasteiger partial charge in [-0.15, -0.1) is 0 Å². The van der Waals surface area contributed by atoms with Crippen LogP contribution in [0.5, 0.6) is 0 Å². The van der Waals surface area contributed by atoms with Gasteiger partial charge in [-0.05, 0) is 0 Å². The fourth-order valence-electron chi connectivity index (χ4n) is 4.95. The van der Waals surface area contributed by atoms with E-state index >= 15 is 0 Å². The van der Waals surface area contributed by atoms with Crippen molar-refractivity contribution in [2.45, 2.75) is 98.9 Å². The number of nitrogens with one attached hydrogen (secondary N) is 2. The molecule has 3 fully saturated rings. The van der Waals surface area contributed by atoms with Crippen LogP contribution in [0, 0.1) is 0 Å². The molecule has 0 aromatic carbocycles. The number of nitrogens with two attached hydrogens (primary N) is 1. The number of ether oxygens (including phenoxy) is 5. The maximum absolute atomic E-state index is 12.0. The third-order valence-electron chi connectivity index (χ3n) is 7.10. The predicted octanol–water partition coefficient (Wildman–Crippen LogP) is -7.78. The molecular weight excluding hydrogens is 562 g/mol. The van der Waals surface area contributed by atoms with Crippen molar-refractivity contribution in [2.75, 3.05) is 26.4 Å². The minimum absolute atomic E-state index is 0.674. The highest BCUT2D eigenvalue weighted by Crippen LogP contribution is 2.32. The van der Waals surface area contributed by atoms with Crippen LogP contribution in [0.25, 0.3) is 0 Å². The van der Waals surface area contributed by atoms with Crippen molar-refractivity contribution in [3.8, 4) is 0 Å². The van der Waals surface area contributed by atoms with Gasteiger partial charge in [-0.3, -0.25) is 14.9 Å². The summed E-state index contributed by atoms with van der Waals surface area (Å²) in [6, 6.07) is -4.23. The monoisotopic (exact) mass is 601 g/mol. The number of carboxylic acids is 1. The largest absolute Gasteiger partial charge is 0.480 e. The lowest BCUT2D eigenvalue weighted by atomic mass is 9.94. The molecular formula is C22H39N3O16. The third-order valence-corrected chi connectivity index (χ3v) is 7.10. The van der Waals surface area contributed by atoms with Crippen LogP contribution in [0.2, 0.25) is 0 Å². The van der Waals surface area contributed by atoms with E-state index in [1.807, 2.05) is 0 Å². The minimum Gasteiger partial charge on any atom is -0.480 e. The zero-order chi connectivity index (χ0) is 30.6. The average Bonchev–Trinajstić information content (AvgIpc) is 2.92. The summed E-state index contributed by atoms with van der Waals surface area (Å²) in [5.74, 6) is -1.98. The molecule has 0 unspecified atom stereocenters. The van der Waals surface area contributed by atoms with Crippen molar-refractivity contribution in [3.05, 3.63) is 0 Å². The van der Waals surface area contributed by atoms with E-state index in [4.69, 9.17) is 34.5 Å². The first-order valence-corrected chi connectivity index (χ1v) is 12.8. The molecule has 0 bridgehead atoms. The van der Waals surface area contributed by atoms with Crippen LogP contribution in [-0.4, -0.2) is 176 Å². The Kier molecular flexibility index (Phi) is 12.1. The lowest BCUT2D eigenvalue weighted by molar-refractivity contribution is -0.350. The number of amides is 1. The van der Waals surface area contributed by atoms with Crippen molar-refractivity contribution < 1.29 is 79.2 Å². The second kappa shape index (κ2) is 14.7. The Labute approximate surface area is 233 Å². The van der Waals surface area contributed by atoms with E-state index < -0.39 is 130 Å². The minimum atomic E-state index is -1.75. The average molecular weight is 602 g/mol. The first-order valence-electron chi connectivity index (χ1n) is 12.8. The Hall–Kier alpha value is -1.66. The molecule has 3 aliphatic rings. The van der Waals surface area contributed by atoms with Gasteiger partial charge in [-0.2, -0.15) is 0 Å². The molecule has 0 aliphatic carbocycles. The van der Waals surface area contributed by atoms with Gasteiger partial charge in [-0.25, -0.2) is 0 Å². The molecule has 13 N–H and O–H groups in total. The molecule has 3 aliphatic heterocycles. The van der Waals surface area contributed by atoms with Crippen molar-refractivity contribution in [1.29, 1.82) is 0 Å². The van der Waals surface area contributed by atoms with E-state index in [0.717, 1.165) is 6.92 Å². The molecule has 19 heteroatoms. The van der Waals surface area contributed by atoms with Gasteiger partial charge in [0.05, 0.1) is 38.4 Å². The van der Waals surface area contributed by atoms with Gasteiger partial charge in [0.2, 0.25) is 5.91 Å². The Morgan fingerprint density at radius 2 is 1.27 bits per heavy atom. The fourth-order valence-corrected chi connectivity index (χ4v) is 4.95. The van der Waals surface area contributed by atoms with Gasteiger partial charge >= 0.3 is 5.97 Å². The summed E-state index contributed by atoms with van der Waals surface area (Å²) in [5.41, 5.74) is 5.91. The zero-order valence-electron chi connectivity index (χ0n) is 21.9. The molecule has 3 saturated heterocycles. The zero-order valence-corrected chi connectivity index (χ0v) is 21.9. The number of aliphatic carboxylic acids is 1. The van der Waals surface area contributed by atoms with E-state index in [0.29, 0.717) is 0 Å². The number of hydrogen-bond donors (Lipinski definition) is 12. The lowest BCUT2D eigenvalue weighted by Gasteiger charge is -2.49. The van der Waals surface area contributed by atoms with Crippen molar-refractivity contribution in [3.63, 3.8) is 0 Å². The lowest BCUT2D eigenvalue weighted by Crippen LogP contribution is -2.70. The summed E-state index contributed by atoms with van der Waals surface area (Å²) in [6.45, 7) is -1.86. The van der Waals surface area contributed by atoms with Crippen LogP contribution in [-0.2, 0) is 33.3 Å². The quantitative estimate of drug-likeness (QED) is 0.105. The summed E-state index contributed by atoms with van der Waals surface area (Å²) in [6.07, 6.45) is -18.6. The highest BCUT2D eigenvalue weighted by Gasteiger charge is 2.53. The van der Waals surface area contributed by atoms with E-state index in [1.165, 1.54) is 0 Å². The number of rotatable bonds is 11. The van der Waals surface area contributed by atoms with E-state index in [-0.39, 0.29) is 0 Å². The molecule has 3 heterocycles. The number of aliphatic hydroxyl groups is 8. The fraction of sp³-hybridized carbons (Fsp3) is 0.909. The molecule has 238 valence electrons. The molecule has 0 aromatic rings. The second-order valence-corrected chi connectivity index (χ2v) is 9.97. The normalized spacial score (nSPS) is 45.3. The second-order valence-electron chi connectivity index (χ2n) is 9.97. The van der Waals surface area contributed by atoms with Crippen LogP contribution in [0.3, 0.4) is 0 Å². The third kappa shape index (κ3) is 7.65. The van der Waals surface area contributed by atoms with Gasteiger partial charge in [0.15, 0.2) is 18.9 Å². The van der Waals surface area contributed by atoms with E-state index in [1.54, 1.807) is 0 Å². The van der Waals surface area contributed by atoms with Crippen LogP contribution in [0.15, 0.2) is 0 Å². The molecule has 3 rings (SSSR count). The SMILES string of the molecule is CC(=O)N[C@H]1[C@H](O[C@H]2[C@H](O)[C@@H](NCC(=O)O)[C@H](O)O[C@@H]2CO)O[C@H](CO)[C@@H](O[C@@H]2O[C@H](CO)[C@@H](O)[C@H](O)[C@H]2N)[C@@H]1O. The Bertz CT molecular complexity index is 871. The van der Waals surface area contributed by atoms with Crippen molar-refractivity contribution in [2.24, 2.45) is 5.73 Å². The van der Waals surface area contributed by atoms with Crippen LogP contribution < -0.4 is 16.4 Å². The summed E-state index contributed by atoms with van der Waals surface area (Å²) < 4.78 is 28.0. The van der Waals surface area contributed by atoms with Gasteiger partial charge < -0.3 is 80.7 Å². The van der Waals surface area contributed by atoms with Crippen LogP contribution in [0.4, 0.5) is 0 Å². The first kappa shape index (κ1) is 33.8. The molecule has 15 atom stereocenters. The van der Waals surface area contributed by atoms with Crippen LogP contribution in [0.1, 0.15) is 6.92 Å². The number of carbonyl (C=O) groups excluding carboxylic acids is 1. The number of hydrogen-bond acceptors (Lipinski definition) is 17. The number of carboxylic acid groups (broad SMARTS) is 1.